The lowest BCUT2D eigenvalue weighted by molar-refractivity contribution is 0.407. The Morgan fingerprint density at radius 3 is 2.80 bits per heavy atom. The Morgan fingerprint density at radius 2 is 2.00 bits per heavy atom. The highest BCUT2D eigenvalue weighted by Gasteiger charge is 2.24. The van der Waals surface area contributed by atoms with Crippen LogP contribution in [0.5, 0.6) is 0 Å². The second-order valence-corrected chi connectivity index (χ2v) is 6.15. The van der Waals surface area contributed by atoms with Crippen LogP contribution in [0.1, 0.15) is 25.7 Å². The van der Waals surface area contributed by atoms with Gasteiger partial charge in [0.1, 0.15) is 11.5 Å². The highest BCUT2D eigenvalue weighted by molar-refractivity contribution is 5.51. The third-order valence-corrected chi connectivity index (χ3v) is 4.62. The van der Waals surface area contributed by atoms with E-state index in [1.165, 1.54) is 38.0 Å². The molecule has 4 nitrogen and oxygen atoms in total. The lowest BCUT2D eigenvalue weighted by Gasteiger charge is -2.34. The van der Waals surface area contributed by atoms with E-state index in [1.807, 2.05) is 6.20 Å². The van der Waals surface area contributed by atoms with Crippen molar-refractivity contribution in [3.8, 4) is 0 Å². The van der Waals surface area contributed by atoms with E-state index >= 15 is 0 Å². The third kappa shape index (κ3) is 2.40. The number of hydrogen-bond acceptors (Lipinski definition) is 3. The molecule has 1 saturated heterocycles. The van der Waals surface area contributed by atoms with Crippen molar-refractivity contribution in [3.05, 3.63) is 30.6 Å². The highest BCUT2D eigenvalue weighted by Crippen LogP contribution is 2.28. The Hall–Kier alpha value is -1.55. The summed E-state index contributed by atoms with van der Waals surface area (Å²) in [5.74, 6) is 2.26. The van der Waals surface area contributed by atoms with Gasteiger partial charge in [-0.2, -0.15) is 0 Å². The number of anilines is 1. The molecular weight excluding hydrogens is 248 g/mol. The van der Waals surface area contributed by atoms with E-state index in [0.29, 0.717) is 6.04 Å². The van der Waals surface area contributed by atoms with E-state index in [4.69, 9.17) is 0 Å². The number of pyridine rings is 1. The van der Waals surface area contributed by atoms with Gasteiger partial charge in [-0.25, -0.2) is 4.98 Å². The number of aromatic nitrogens is 2. The highest BCUT2D eigenvalue weighted by atomic mass is 15.2. The van der Waals surface area contributed by atoms with Crippen molar-refractivity contribution in [1.82, 2.24) is 14.7 Å². The SMILES string of the molecule is c1cc(N2CCC(NCC3CC3)CC2)n2ccnc2c1. The molecule has 106 valence electrons. The smallest absolute Gasteiger partial charge is 0.138 e. The quantitative estimate of drug-likeness (QED) is 0.925. The summed E-state index contributed by atoms with van der Waals surface area (Å²) in [7, 11) is 0. The first-order valence-corrected chi connectivity index (χ1v) is 7.80. The average Bonchev–Trinajstić information content (AvgIpc) is 3.20. The summed E-state index contributed by atoms with van der Waals surface area (Å²) in [4.78, 5) is 6.86. The van der Waals surface area contributed by atoms with Crippen LogP contribution < -0.4 is 10.2 Å². The molecule has 4 rings (SSSR count). The molecule has 0 atom stereocenters. The second-order valence-electron chi connectivity index (χ2n) is 6.15. The summed E-state index contributed by atoms with van der Waals surface area (Å²) in [5.41, 5.74) is 1.04. The molecule has 0 unspecified atom stereocenters. The van der Waals surface area contributed by atoms with Crippen LogP contribution in [0, 0.1) is 5.92 Å². The maximum Gasteiger partial charge on any atom is 0.138 e. The van der Waals surface area contributed by atoms with Gasteiger partial charge in [0.15, 0.2) is 0 Å². The standard InChI is InChI=1S/C16H22N4/c1-2-15-17-8-11-20(15)16(3-1)19-9-6-14(7-10-19)18-12-13-4-5-13/h1-3,8,11,13-14,18H,4-7,9-10,12H2. The van der Waals surface area contributed by atoms with Crippen molar-refractivity contribution in [2.45, 2.75) is 31.7 Å². The van der Waals surface area contributed by atoms with Crippen LogP contribution in [-0.4, -0.2) is 35.1 Å². The topological polar surface area (TPSA) is 32.6 Å². The Bertz CT molecular complexity index is 579. The first-order valence-electron chi connectivity index (χ1n) is 7.80. The second kappa shape index (κ2) is 5.09. The molecule has 2 fully saturated rings. The normalized spacial score (nSPS) is 20.7. The van der Waals surface area contributed by atoms with Crippen molar-refractivity contribution in [3.63, 3.8) is 0 Å². The van der Waals surface area contributed by atoms with Crippen LogP contribution in [0.3, 0.4) is 0 Å². The van der Waals surface area contributed by atoms with Gasteiger partial charge in [-0.15, -0.1) is 0 Å². The Morgan fingerprint density at radius 1 is 1.15 bits per heavy atom. The van der Waals surface area contributed by atoms with Crippen LogP contribution in [0.4, 0.5) is 5.82 Å². The van der Waals surface area contributed by atoms with Crippen molar-refractivity contribution < 1.29 is 0 Å². The predicted molar refractivity (Wildman–Crippen MR) is 81.2 cm³/mol. The summed E-state index contributed by atoms with van der Waals surface area (Å²) in [6.45, 7) is 3.51. The Balaban J connectivity index is 1.41. The van der Waals surface area contributed by atoms with E-state index in [2.05, 4.69) is 44.0 Å². The number of piperidine rings is 1. The van der Waals surface area contributed by atoms with E-state index < -0.39 is 0 Å². The number of fused-ring (bicyclic) bond motifs is 1. The molecule has 3 heterocycles. The molecule has 2 aliphatic rings. The lowest BCUT2D eigenvalue weighted by Crippen LogP contribution is -2.43. The maximum atomic E-state index is 4.37. The molecule has 0 aromatic carbocycles. The van der Waals surface area contributed by atoms with Crippen molar-refractivity contribution in [2.24, 2.45) is 5.92 Å². The molecule has 0 amide bonds. The van der Waals surface area contributed by atoms with Crippen LogP contribution in [0.25, 0.3) is 5.65 Å². The number of imidazole rings is 1. The molecule has 0 bridgehead atoms. The van der Waals surface area contributed by atoms with Crippen LogP contribution in [-0.2, 0) is 0 Å². The fraction of sp³-hybridized carbons (Fsp3) is 0.562. The van der Waals surface area contributed by atoms with Gasteiger partial charge in [-0.05, 0) is 50.3 Å². The molecule has 2 aromatic rings. The predicted octanol–water partition coefficient (Wildman–Crippen LogP) is 2.30. The van der Waals surface area contributed by atoms with E-state index in [0.717, 1.165) is 24.7 Å². The molecule has 4 heteroatoms. The summed E-state index contributed by atoms with van der Waals surface area (Å²) in [6.07, 6.45) is 9.31. The van der Waals surface area contributed by atoms with Gasteiger partial charge in [0.05, 0.1) is 0 Å². The van der Waals surface area contributed by atoms with Crippen LogP contribution in [0.2, 0.25) is 0 Å². The molecule has 1 aliphatic heterocycles. The number of rotatable bonds is 4. The minimum atomic E-state index is 0.717. The van der Waals surface area contributed by atoms with Gasteiger partial charge in [0, 0.05) is 31.5 Å². The number of hydrogen-bond donors (Lipinski definition) is 1. The van der Waals surface area contributed by atoms with Crippen molar-refractivity contribution >= 4 is 11.5 Å². The van der Waals surface area contributed by atoms with Crippen molar-refractivity contribution in [1.29, 1.82) is 0 Å². The fourth-order valence-corrected chi connectivity index (χ4v) is 3.16. The summed E-state index contributed by atoms with van der Waals surface area (Å²) in [6, 6.07) is 7.09. The summed E-state index contributed by atoms with van der Waals surface area (Å²) < 4.78 is 2.19. The zero-order valence-corrected chi connectivity index (χ0v) is 11.8. The van der Waals surface area contributed by atoms with Gasteiger partial charge in [0.2, 0.25) is 0 Å². The first kappa shape index (κ1) is 12.2. The zero-order valence-electron chi connectivity index (χ0n) is 11.8. The first-order chi connectivity index (χ1) is 9.90. The maximum absolute atomic E-state index is 4.37. The largest absolute Gasteiger partial charge is 0.358 e. The van der Waals surface area contributed by atoms with Gasteiger partial charge < -0.3 is 10.2 Å². The number of nitrogens with one attached hydrogen (secondary N) is 1. The average molecular weight is 270 g/mol. The Kier molecular flexibility index (Phi) is 3.11. The molecule has 0 radical (unpaired) electrons. The minimum absolute atomic E-state index is 0.717. The zero-order chi connectivity index (χ0) is 13.4. The third-order valence-electron chi connectivity index (χ3n) is 4.62. The molecule has 2 aromatic heterocycles. The molecule has 1 N–H and O–H groups in total. The minimum Gasteiger partial charge on any atom is -0.358 e. The Labute approximate surface area is 119 Å². The van der Waals surface area contributed by atoms with E-state index in [9.17, 15) is 0 Å². The monoisotopic (exact) mass is 270 g/mol. The van der Waals surface area contributed by atoms with Crippen LogP contribution >= 0.6 is 0 Å². The molecular formula is C16H22N4. The summed E-state index contributed by atoms with van der Waals surface area (Å²) >= 11 is 0. The summed E-state index contributed by atoms with van der Waals surface area (Å²) in [5, 5.41) is 3.74. The van der Waals surface area contributed by atoms with Gasteiger partial charge >= 0.3 is 0 Å². The molecule has 1 saturated carbocycles. The van der Waals surface area contributed by atoms with Gasteiger partial charge in [-0.3, -0.25) is 4.40 Å². The van der Waals surface area contributed by atoms with E-state index in [1.54, 1.807) is 0 Å². The van der Waals surface area contributed by atoms with E-state index in [-0.39, 0.29) is 0 Å². The molecule has 1 aliphatic carbocycles. The molecule has 20 heavy (non-hydrogen) atoms. The van der Waals surface area contributed by atoms with Gasteiger partial charge in [0.25, 0.3) is 0 Å². The fourth-order valence-electron chi connectivity index (χ4n) is 3.16. The lowest BCUT2D eigenvalue weighted by atomic mass is 10.0. The number of nitrogens with zero attached hydrogens (tertiary/aromatic N) is 3. The van der Waals surface area contributed by atoms with Gasteiger partial charge in [-0.1, -0.05) is 6.07 Å². The van der Waals surface area contributed by atoms with Crippen molar-refractivity contribution in [2.75, 3.05) is 24.5 Å². The van der Waals surface area contributed by atoms with Crippen LogP contribution in [0.15, 0.2) is 30.6 Å². The molecule has 0 spiro atoms.